The second kappa shape index (κ2) is 6.60. The molecule has 4 fully saturated rings. The van der Waals surface area contributed by atoms with E-state index in [1.165, 1.54) is 0 Å². The summed E-state index contributed by atoms with van der Waals surface area (Å²) in [4.78, 5) is 24.6. The molecule has 166 valence electrons. The lowest BCUT2D eigenvalue weighted by Crippen LogP contribution is -2.70. The third kappa shape index (κ3) is 3.41. The molecule has 0 atom stereocenters. The Bertz CT molecular complexity index is 994. The summed E-state index contributed by atoms with van der Waals surface area (Å²) in [6.45, 7) is -0.694. The van der Waals surface area contributed by atoms with E-state index in [0.29, 0.717) is 43.2 Å². The largest absolute Gasteiger partial charge is 0.524 e. The van der Waals surface area contributed by atoms with E-state index < -0.39 is 41.4 Å². The molecule has 6 rings (SSSR count). The van der Waals surface area contributed by atoms with Crippen LogP contribution in [0.25, 0.3) is 11.6 Å². The van der Waals surface area contributed by atoms with Crippen LogP contribution < -0.4 is 5.32 Å². The molecule has 2 bridgehead atoms. The molecule has 0 aliphatic heterocycles. The molecule has 0 unspecified atom stereocenters. The van der Waals surface area contributed by atoms with Crippen molar-refractivity contribution < 1.29 is 36.7 Å². The van der Waals surface area contributed by atoms with Gasteiger partial charge in [-0.25, -0.2) is 0 Å². The zero-order valence-corrected chi connectivity index (χ0v) is 16.1. The molecule has 0 spiro atoms. The minimum atomic E-state index is -4.86. The molecule has 2 aromatic rings. The summed E-state index contributed by atoms with van der Waals surface area (Å²) in [6, 6.07) is 1.69. The quantitative estimate of drug-likeness (QED) is 0.623. The lowest BCUT2D eigenvalue weighted by atomic mass is 9.34. The van der Waals surface area contributed by atoms with E-state index >= 15 is 0 Å². The van der Waals surface area contributed by atoms with Gasteiger partial charge in [0.1, 0.15) is 12.3 Å². The molecule has 2 aromatic heterocycles. The smallest absolute Gasteiger partial charge is 0.419 e. The topological polar surface area (TPSA) is 132 Å². The van der Waals surface area contributed by atoms with Gasteiger partial charge in [-0.05, 0) is 31.7 Å². The second-order valence-corrected chi connectivity index (χ2v) is 8.45. The standard InChI is InChI=1S/C18H18F3N5O5/c19-18(20,21)31-17(3-1-4-17)29-6-11(27)23-13(28)15-7-16(8-15,9-15)14-26-25-12(30-14)10-2-5-22-24-10/h2,5H,1,3-4,6-9H2,(H,22,24)(H,23,27,28). The van der Waals surface area contributed by atoms with E-state index in [-0.39, 0.29) is 12.8 Å². The van der Waals surface area contributed by atoms with Gasteiger partial charge < -0.3 is 9.15 Å². The second-order valence-electron chi connectivity index (χ2n) is 8.45. The summed E-state index contributed by atoms with van der Waals surface area (Å²) < 4.78 is 52.3. The van der Waals surface area contributed by atoms with Crippen LogP contribution in [0.5, 0.6) is 0 Å². The van der Waals surface area contributed by atoms with Crippen molar-refractivity contribution in [1.29, 1.82) is 0 Å². The number of halogens is 3. The number of nitrogens with one attached hydrogen (secondary N) is 2. The summed E-state index contributed by atoms with van der Waals surface area (Å²) in [5.41, 5.74) is -0.518. The van der Waals surface area contributed by atoms with E-state index in [4.69, 9.17) is 9.15 Å². The van der Waals surface area contributed by atoms with Crippen LogP contribution in [0.3, 0.4) is 0 Å². The summed E-state index contributed by atoms with van der Waals surface area (Å²) in [5.74, 6) is -2.40. The average Bonchev–Trinajstić information content (AvgIpc) is 3.25. The monoisotopic (exact) mass is 441 g/mol. The van der Waals surface area contributed by atoms with Crippen LogP contribution in [0, 0.1) is 5.41 Å². The van der Waals surface area contributed by atoms with Gasteiger partial charge in [0, 0.05) is 19.0 Å². The highest BCUT2D eigenvalue weighted by Gasteiger charge is 2.74. The lowest BCUT2D eigenvalue weighted by Gasteiger charge is -2.67. The first-order valence-electron chi connectivity index (χ1n) is 9.72. The first-order valence-corrected chi connectivity index (χ1v) is 9.72. The Morgan fingerprint density at radius 3 is 2.55 bits per heavy atom. The summed E-state index contributed by atoms with van der Waals surface area (Å²) in [5, 5.41) is 16.8. The van der Waals surface area contributed by atoms with Gasteiger partial charge in [-0.15, -0.1) is 23.4 Å². The maximum atomic E-state index is 12.5. The van der Waals surface area contributed by atoms with Crippen molar-refractivity contribution in [2.45, 2.75) is 56.1 Å². The van der Waals surface area contributed by atoms with Crippen molar-refractivity contribution in [2.75, 3.05) is 6.61 Å². The number of hydrogen-bond donors (Lipinski definition) is 2. The van der Waals surface area contributed by atoms with Crippen LogP contribution in [0.1, 0.15) is 44.4 Å². The lowest BCUT2D eigenvalue weighted by molar-refractivity contribution is -0.432. The fourth-order valence-electron chi connectivity index (χ4n) is 4.62. The van der Waals surface area contributed by atoms with Gasteiger partial charge in [-0.3, -0.25) is 24.7 Å². The Balaban J connectivity index is 1.12. The van der Waals surface area contributed by atoms with Crippen LogP contribution in [-0.4, -0.2) is 51.0 Å². The van der Waals surface area contributed by atoms with Gasteiger partial charge in [0.25, 0.3) is 11.8 Å². The number of rotatable bonds is 7. The molecule has 4 aliphatic rings. The zero-order valence-electron chi connectivity index (χ0n) is 16.1. The highest BCUT2D eigenvalue weighted by molar-refractivity contribution is 6.00. The Morgan fingerprint density at radius 2 is 1.97 bits per heavy atom. The van der Waals surface area contributed by atoms with Gasteiger partial charge >= 0.3 is 6.36 Å². The number of carbonyl (C=O) groups excluding carboxylic acids is 2. The van der Waals surface area contributed by atoms with Crippen molar-refractivity contribution in [3.63, 3.8) is 0 Å². The zero-order chi connectivity index (χ0) is 21.9. The Labute approximate surface area is 172 Å². The number of nitrogens with zero attached hydrogens (tertiary/aromatic N) is 3. The first-order chi connectivity index (χ1) is 14.6. The number of ether oxygens (including phenoxy) is 2. The predicted octanol–water partition coefficient (Wildman–Crippen LogP) is 1.96. The minimum Gasteiger partial charge on any atom is -0.419 e. The third-order valence-corrected chi connectivity index (χ3v) is 6.26. The van der Waals surface area contributed by atoms with Gasteiger partial charge in [-0.1, -0.05) is 0 Å². The fraction of sp³-hybridized carbons (Fsp3) is 0.611. The highest BCUT2D eigenvalue weighted by atomic mass is 19.4. The Hall–Kier alpha value is -2.80. The molecular formula is C18H18F3N5O5. The predicted molar refractivity (Wildman–Crippen MR) is 92.7 cm³/mol. The Morgan fingerprint density at radius 1 is 1.23 bits per heavy atom. The van der Waals surface area contributed by atoms with Crippen LogP contribution in [0.2, 0.25) is 0 Å². The number of aromatic nitrogens is 4. The average molecular weight is 441 g/mol. The number of alkyl halides is 3. The molecule has 2 amide bonds. The van der Waals surface area contributed by atoms with Gasteiger partial charge in [0.15, 0.2) is 5.79 Å². The molecule has 0 saturated heterocycles. The maximum Gasteiger partial charge on any atom is 0.524 e. The minimum absolute atomic E-state index is 0.0327. The van der Waals surface area contributed by atoms with Crippen LogP contribution in [0.4, 0.5) is 13.2 Å². The molecular weight excluding hydrogens is 423 g/mol. The molecule has 2 N–H and O–H groups in total. The highest BCUT2D eigenvalue weighted by Crippen LogP contribution is 2.73. The van der Waals surface area contributed by atoms with Crippen molar-refractivity contribution in [2.24, 2.45) is 5.41 Å². The number of imide groups is 1. The van der Waals surface area contributed by atoms with Gasteiger partial charge in [0.05, 0.1) is 10.8 Å². The molecule has 4 aliphatic carbocycles. The summed E-state index contributed by atoms with van der Waals surface area (Å²) in [6.07, 6.45) is -1.39. The normalized spacial score (nSPS) is 28.2. The maximum absolute atomic E-state index is 12.5. The molecule has 0 radical (unpaired) electrons. The number of hydrogen-bond acceptors (Lipinski definition) is 8. The summed E-state index contributed by atoms with van der Waals surface area (Å²) >= 11 is 0. The third-order valence-electron chi connectivity index (χ3n) is 6.26. The van der Waals surface area contributed by atoms with Crippen molar-refractivity contribution in [1.82, 2.24) is 25.7 Å². The van der Waals surface area contributed by atoms with Crippen LogP contribution >= 0.6 is 0 Å². The number of carbonyl (C=O) groups is 2. The SMILES string of the molecule is O=C(COC1(OC(F)(F)F)CCC1)NC(=O)C12CC(c3nnc(-c4ccn[nH]4)o3)(C1)C2. The van der Waals surface area contributed by atoms with E-state index in [1.54, 1.807) is 12.3 Å². The van der Waals surface area contributed by atoms with Gasteiger partial charge in [-0.2, -0.15) is 5.10 Å². The van der Waals surface area contributed by atoms with Gasteiger partial charge in [0.2, 0.25) is 11.8 Å². The van der Waals surface area contributed by atoms with Crippen LogP contribution in [-0.2, 0) is 24.5 Å². The molecule has 0 aromatic carbocycles. The van der Waals surface area contributed by atoms with Crippen molar-refractivity contribution >= 4 is 11.8 Å². The molecule has 4 saturated carbocycles. The molecule has 13 heteroatoms. The molecule has 10 nitrogen and oxygen atoms in total. The van der Waals surface area contributed by atoms with E-state index in [9.17, 15) is 22.8 Å². The van der Waals surface area contributed by atoms with E-state index in [1.807, 2.05) is 0 Å². The van der Waals surface area contributed by atoms with E-state index in [0.717, 1.165) is 0 Å². The number of aromatic amines is 1. The van der Waals surface area contributed by atoms with Crippen molar-refractivity contribution in [3.8, 4) is 11.6 Å². The number of H-pyrrole nitrogens is 1. The van der Waals surface area contributed by atoms with Crippen LogP contribution in [0.15, 0.2) is 16.7 Å². The molecule has 2 heterocycles. The Kier molecular flexibility index (Phi) is 4.28. The fourth-order valence-corrected chi connectivity index (χ4v) is 4.62. The van der Waals surface area contributed by atoms with E-state index in [2.05, 4.69) is 30.4 Å². The summed E-state index contributed by atoms with van der Waals surface area (Å²) in [7, 11) is 0. The molecule has 31 heavy (non-hydrogen) atoms. The first kappa shape index (κ1) is 20.1. The van der Waals surface area contributed by atoms with Crippen molar-refractivity contribution in [3.05, 3.63) is 18.2 Å². The number of amides is 2.